The molecule has 0 aromatic heterocycles. The van der Waals surface area contributed by atoms with Crippen molar-refractivity contribution in [2.45, 2.75) is 94.9 Å². The van der Waals surface area contributed by atoms with Gasteiger partial charge in [-0.2, -0.15) is 17.2 Å². The summed E-state index contributed by atoms with van der Waals surface area (Å²) in [4.78, 5) is 0. The van der Waals surface area contributed by atoms with E-state index in [1.165, 1.54) is 27.2 Å². The minimum atomic E-state index is 0. The average Bonchev–Trinajstić information content (AvgIpc) is 3.54. The maximum atomic E-state index is 2.99. The van der Waals surface area contributed by atoms with Crippen LogP contribution in [0.3, 0.4) is 0 Å². The molecule has 3 heteroatoms. The quantitative estimate of drug-likeness (QED) is 0.371. The minimum absolute atomic E-state index is 0. The fourth-order valence-corrected chi connectivity index (χ4v) is 7.91. The van der Waals surface area contributed by atoms with E-state index in [-0.39, 0.29) is 46.5 Å². The third kappa shape index (κ3) is 5.35. The Kier molecular flexibility index (Phi) is 11.3. The summed E-state index contributed by atoms with van der Waals surface area (Å²) in [6, 6.07) is 9.16. The topological polar surface area (TPSA) is 0 Å². The predicted molar refractivity (Wildman–Crippen MR) is 162 cm³/mol. The molecule has 0 heterocycles. The molecule has 0 bridgehead atoms. The first-order chi connectivity index (χ1) is 17.7. The molecule has 0 saturated heterocycles. The van der Waals surface area contributed by atoms with Crippen LogP contribution in [0.2, 0.25) is 0 Å². The van der Waals surface area contributed by atoms with Crippen LogP contribution in [0.5, 0.6) is 0 Å². The van der Waals surface area contributed by atoms with E-state index < -0.39 is 0 Å². The minimum Gasteiger partial charge on any atom is -1.00 e. The normalized spacial score (nSPS) is 27.0. The molecule has 1 aromatic rings. The first kappa shape index (κ1) is 35.3. The van der Waals surface area contributed by atoms with Gasteiger partial charge in [0.1, 0.15) is 0 Å². The summed E-state index contributed by atoms with van der Waals surface area (Å²) in [5.74, 6) is 2.24. The van der Waals surface area contributed by atoms with Gasteiger partial charge in [0.2, 0.25) is 0 Å². The van der Waals surface area contributed by atoms with Crippen molar-refractivity contribution in [3.8, 4) is 0 Å². The second kappa shape index (κ2) is 12.8. The Balaban J connectivity index is 0.000000441. The van der Waals surface area contributed by atoms with Gasteiger partial charge in [-0.25, -0.2) is 18.1 Å². The van der Waals surface area contributed by atoms with E-state index in [1.54, 1.807) is 52.4 Å². The van der Waals surface area contributed by atoms with Gasteiger partial charge < -0.3 is 24.8 Å². The average molecular weight is 655 g/mol. The summed E-state index contributed by atoms with van der Waals surface area (Å²) in [5.41, 5.74) is 10.3. The molecule has 6 rings (SSSR count). The van der Waals surface area contributed by atoms with Crippen molar-refractivity contribution >= 4 is 8.78 Å². The SMILES string of the molecule is C[C-]1C2=C3Cc4ccccc4C3=C3C=CCCC3C2(C)C(C)(C)C(C)(C)C1(C)C.C[C](C)=[Zr+2].[C-]1=CC=CC1.[Cl-].[Cl-]. The van der Waals surface area contributed by atoms with Crippen molar-refractivity contribution in [2.24, 2.45) is 27.6 Å². The molecule has 0 radical (unpaired) electrons. The van der Waals surface area contributed by atoms with Gasteiger partial charge >= 0.3 is 41.3 Å². The molecular weight excluding hydrogens is 607 g/mol. The molecule has 40 heavy (non-hydrogen) atoms. The van der Waals surface area contributed by atoms with Gasteiger partial charge in [-0.3, -0.25) is 6.08 Å². The number of halogens is 2. The molecular formula is C37H48Cl2Zr-2. The number of allylic oxidation sites excluding steroid dienone is 10. The zero-order chi connectivity index (χ0) is 28.1. The largest absolute Gasteiger partial charge is 1.00 e. The van der Waals surface area contributed by atoms with Crippen molar-refractivity contribution in [1.82, 2.24) is 0 Å². The molecule has 1 aromatic carbocycles. The summed E-state index contributed by atoms with van der Waals surface area (Å²) in [6.07, 6.45) is 18.5. The van der Waals surface area contributed by atoms with Gasteiger partial charge in [-0.15, -0.1) is 13.3 Å². The Morgan fingerprint density at radius 1 is 0.950 bits per heavy atom. The van der Waals surface area contributed by atoms with Crippen LogP contribution in [0.4, 0.5) is 0 Å². The molecule has 2 unspecified atom stereocenters. The first-order valence-electron chi connectivity index (χ1n) is 14.5. The van der Waals surface area contributed by atoms with Crippen molar-refractivity contribution in [3.63, 3.8) is 0 Å². The van der Waals surface area contributed by atoms with E-state index in [9.17, 15) is 0 Å². The number of rotatable bonds is 0. The monoisotopic (exact) mass is 652 g/mol. The van der Waals surface area contributed by atoms with Crippen LogP contribution < -0.4 is 24.8 Å². The van der Waals surface area contributed by atoms with E-state index in [2.05, 4.69) is 118 Å². The Morgan fingerprint density at radius 3 is 2.12 bits per heavy atom. The molecule has 1 saturated carbocycles. The van der Waals surface area contributed by atoms with Crippen LogP contribution in [0.1, 0.15) is 99.6 Å². The van der Waals surface area contributed by atoms with E-state index in [1.807, 2.05) is 12.2 Å². The van der Waals surface area contributed by atoms with E-state index in [0.29, 0.717) is 5.92 Å². The fourth-order valence-electron chi connectivity index (χ4n) is 7.91. The molecule has 1 fully saturated rings. The summed E-state index contributed by atoms with van der Waals surface area (Å²) < 4.78 is 1.51. The van der Waals surface area contributed by atoms with Crippen LogP contribution in [0.15, 0.2) is 71.4 Å². The van der Waals surface area contributed by atoms with Crippen molar-refractivity contribution < 1.29 is 49.0 Å². The van der Waals surface area contributed by atoms with Gasteiger partial charge in [0.05, 0.1) is 0 Å². The van der Waals surface area contributed by atoms with Crippen LogP contribution in [-0.4, -0.2) is 3.21 Å². The van der Waals surface area contributed by atoms with Crippen LogP contribution in [0.25, 0.3) is 5.57 Å². The van der Waals surface area contributed by atoms with Crippen molar-refractivity contribution in [2.75, 3.05) is 0 Å². The summed E-state index contributed by atoms with van der Waals surface area (Å²) in [5, 5.41) is 0. The van der Waals surface area contributed by atoms with Gasteiger partial charge in [0.15, 0.2) is 0 Å². The Bertz CT molecular complexity index is 1250. The zero-order valence-corrected chi connectivity index (χ0v) is 30.3. The molecule has 216 valence electrons. The second-order valence-corrected chi connectivity index (χ2v) is 16.2. The van der Waals surface area contributed by atoms with Gasteiger partial charge in [-0.1, -0.05) is 113 Å². The number of benzene rings is 1. The van der Waals surface area contributed by atoms with E-state index in [4.69, 9.17) is 0 Å². The van der Waals surface area contributed by atoms with E-state index in [0.717, 1.165) is 12.8 Å². The first-order valence-corrected chi connectivity index (χ1v) is 15.7. The maximum absolute atomic E-state index is 2.99. The summed E-state index contributed by atoms with van der Waals surface area (Å²) >= 11 is 1.55. The number of hydrogen-bond acceptors (Lipinski definition) is 0. The summed E-state index contributed by atoms with van der Waals surface area (Å²) in [6.45, 7) is 24.5. The second-order valence-electron chi connectivity index (χ2n) is 13.8. The standard InChI is InChI=1S/C29H37.C5H5.C3H6.2ClH.Zr/c1-18-25-22-17-19-13-9-10-14-20(19)24(22)21-15-11-12-16-23(21)29(25,8)28(6,7)27(4,5)26(18,2)3;1-2-4-5-3-1;1-3-2;;;/h9-11,13-15,23H,12,16-17H2,1-8H3;1-3H,4H2;1-2H3;2*1H;/q2*-1;;;;+2/p-2. The smallest absolute Gasteiger partial charge is 0.109 e. The molecule has 0 amide bonds. The predicted octanol–water partition coefficient (Wildman–Crippen LogP) is 4.02. The molecule has 5 aliphatic rings. The molecule has 0 nitrogen and oxygen atoms in total. The van der Waals surface area contributed by atoms with Crippen molar-refractivity contribution in [3.05, 3.63) is 94.5 Å². The number of hydrogen-bond donors (Lipinski definition) is 0. The molecule has 0 N–H and O–H groups in total. The van der Waals surface area contributed by atoms with Gasteiger partial charge in [-0.05, 0) is 40.6 Å². The third-order valence-corrected chi connectivity index (χ3v) is 11.4. The molecule has 0 aliphatic heterocycles. The Labute approximate surface area is 273 Å². The number of fused-ring (bicyclic) bond motifs is 6. The van der Waals surface area contributed by atoms with Crippen molar-refractivity contribution in [1.29, 1.82) is 0 Å². The zero-order valence-electron chi connectivity index (χ0n) is 26.4. The third-order valence-electron chi connectivity index (χ3n) is 11.4. The summed E-state index contributed by atoms with van der Waals surface area (Å²) in [7, 11) is 0. The molecule has 5 aliphatic carbocycles. The van der Waals surface area contributed by atoms with Crippen LogP contribution in [0, 0.1) is 39.6 Å². The molecule has 0 spiro atoms. The maximum Gasteiger partial charge on any atom is -0.109 e. The van der Waals surface area contributed by atoms with Crippen LogP contribution in [-0.2, 0) is 30.7 Å². The Hall–Kier alpha value is -0.877. The Morgan fingerprint density at radius 2 is 1.57 bits per heavy atom. The van der Waals surface area contributed by atoms with Gasteiger partial charge in [0.25, 0.3) is 0 Å². The van der Waals surface area contributed by atoms with Crippen LogP contribution >= 0.6 is 0 Å². The van der Waals surface area contributed by atoms with E-state index >= 15 is 0 Å². The van der Waals surface area contributed by atoms with Gasteiger partial charge in [0, 0.05) is 0 Å². The molecule has 2 atom stereocenters. The fraction of sp³-hybridized carbons (Fsp3) is 0.514.